The van der Waals surface area contributed by atoms with Gasteiger partial charge in [0.1, 0.15) is 5.82 Å². The van der Waals surface area contributed by atoms with E-state index in [0.29, 0.717) is 12.2 Å². The maximum Gasteiger partial charge on any atom is 0.338 e. The normalized spacial score (nSPS) is 11.7. The molecule has 0 aliphatic carbocycles. The van der Waals surface area contributed by atoms with Crippen molar-refractivity contribution in [1.82, 2.24) is 10.3 Å². The number of anilines is 2. The van der Waals surface area contributed by atoms with Crippen LogP contribution in [0.4, 0.5) is 11.5 Å². The average molecular weight is 266 g/mol. The summed E-state index contributed by atoms with van der Waals surface area (Å²) in [5.41, 5.74) is 5.98. The van der Waals surface area contributed by atoms with Gasteiger partial charge >= 0.3 is 5.97 Å². The highest BCUT2D eigenvalue weighted by Gasteiger charge is 2.19. The molecule has 0 radical (unpaired) electrons. The standard InChI is InChI=1S/C12H18N4O3/c1-7(11(17)14-2)6-16(3)9-5-15-10(13)4-8(9)12(18)19/h4-5,7H,6H2,1-3H3,(H2,13,15)(H,14,17)(H,18,19). The van der Waals surface area contributed by atoms with Gasteiger partial charge in [0.15, 0.2) is 0 Å². The van der Waals surface area contributed by atoms with Gasteiger partial charge in [-0.2, -0.15) is 0 Å². The third-order valence-corrected chi connectivity index (χ3v) is 2.79. The molecular formula is C12H18N4O3. The topological polar surface area (TPSA) is 109 Å². The monoisotopic (exact) mass is 266 g/mol. The van der Waals surface area contributed by atoms with Crippen LogP contribution in [-0.2, 0) is 4.79 Å². The largest absolute Gasteiger partial charge is 0.478 e. The third-order valence-electron chi connectivity index (χ3n) is 2.79. The van der Waals surface area contributed by atoms with Gasteiger partial charge in [0.2, 0.25) is 5.91 Å². The zero-order chi connectivity index (χ0) is 14.6. The Morgan fingerprint density at radius 2 is 2.21 bits per heavy atom. The molecule has 7 nitrogen and oxygen atoms in total. The fourth-order valence-corrected chi connectivity index (χ4v) is 1.78. The van der Waals surface area contributed by atoms with Gasteiger partial charge in [0.05, 0.1) is 23.4 Å². The number of carboxylic acids is 1. The second kappa shape index (κ2) is 6.03. The van der Waals surface area contributed by atoms with Crippen molar-refractivity contribution < 1.29 is 14.7 Å². The number of hydrogen-bond acceptors (Lipinski definition) is 5. The van der Waals surface area contributed by atoms with Crippen molar-refractivity contribution in [3.63, 3.8) is 0 Å². The van der Waals surface area contributed by atoms with Crippen molar-refractivity contribution in [3.05, 3.63) is 17.8 Å². The smallest absolute Gasteiger partial charge is 0.338 e. The van der Waals surface area contributed by atoms with Crippen LogP contribution in [0.15, 0.2) is 12.3 Å². The van der Waals surface area contributed by atoms with E-state index >= 15 is 0 Å². The Bertz CT molecular complexity index is 490. The first-order valence-electron chi connectivity index (χ1n) is 5.78. The van der Waals surface area contributed by atoms with Gasteiger partial charge in [0, 0.05) is 20.6 Å². The predicted molar refractivity (Wildman–Crippen MR) is 72.1 cm³/mol. The van der Waals surface area contributed by atoms with Gasteiger partial charge in [-0.3, -0.25) is 4.79 Å². The number of nitrogens with one attached hydrogen (secondary N) is 1. The molecule has 19 heavy (non-hydrogen) atoms. The van der Waals surface area contributed by atoms with Crippen molar-refractivity contribution in [3.8, 4) is 0 Å². The predicted octanol–water partition coefficient (Wildman–Crippen LogP) is 0.180. The van der Waals surface area contributed by atoms with Gasteiger partial charge in [-0.25, -0.2) is 9.78 Å². The number of nitrogens with two attached hydrogens (primary N) is 1. The summed E-state index contributed by atoms with van der Waals surface area (Å²) in [6.45, 7) is 2.14. The van der Waals surface area contributed by atoms with Gasteiger partial charge < -0.3 is 21.1 Å². The SMILES string of the molecule is CNC(=O)C(C)CN(C)c1cnc(N)cc1C(=O)O. The minimum atomic E-state index is -1.08. The lowest BCUT2D eigenvalue weighted by Gasteiger charge is -2.23. The molecule has 104 valence electrons. The number of nitrogens with zero attached hydrogens (tertiary/aromatic N) is 2. The van der Waals surface area contributed by atoms with Gasteiger partial charge in [-0.05, 0) is 6.07 Å². The zero-order valence-corrected chi connectivity index (χ0v) is 11.2. The highest BCUT2D eigenvalue weighted by Crippen LogP contribution is 2.21. The molecule has 0 fully saturated rings. The molecule has 1 atom stereocenters. The fourth-order valence-electron chi connectivity index (χ4n) is 1.78. The second-order valence-electron chi connectivity index (χ2n) is 4.33. The van der Waals surface area contributed by atoms with E-state index in [2.05, 4.69) is 10.3 Å². The second-order valence-corrected chi connectivity index (χ2v) is 4.33. The summed E-state index contributed by atoms with van der Waals surface area (Å²) in [6.07, 6.45) is 1.40. The summed E-state index contributed by atoms with van der Waals surface area (Å²) in [7, 11) is 3.27. The molecule has 0 spiro atoms. The zero-order valence-electron chi connectivity index (χ0n) is 11.2. The highest BCUT2D eigenvalue weighted by molar-refractivity contribution is 5.95. The molecule has 0 saturated heterocycles. The summed E-state index contributed by atoms with van der Waals surface area (Å²) >= 11 is 0. The van der Waals surface area contributed by atoms with Crippen molar-refractivity contribution in [2.45, 2.75) is 6.92 Å². The van der Waals surface area contributed by atoms with Crippen molar-refractivity contribution >= 4 is 23.4 Å². The molecule has 0 saturated carbocycles. The van der Waals surface area contributed by atoms with E-state index in [0.717, 1.165) is 0 Å². The van der Waals surface area contributed by atoms with Crippen LogP contribution in [0.5, 0.6) is 0 Å². The lowest BCUT2D eigenvalue weighted by atomic mass is 10.1. The molecule has 4 N–H and O–H groups in total. The molecule has 1 aromatic rings. The number of aromatic carboxylic acids is 1. The van der Waals surface area contributed by atoms with E-state index in [1.54, 1.807) is 25.9 Å². The number of carbonyl (C=O) groups excluding carboxylic acids is 1. The molecule has 0 bridgehead atoms. The van der Waals surface area contributed by atoms with Gasteiger partial charge in [-0.1, -0.05) is 6.92 Å². The molecule has 1 amide bonds. The Balaban J connectivity index is 2.96. The van der Waals surface area contributed by atoms with Gasteiger partial charge in [-0.15, -0.1) is 0 Å². The molecule has 0 aliphatic rings. The number of aromatic nitrogens is 1. The molecule has 1 rings (SSSR count). The van der Waals surface area contributed by atoms with Crippen LogP contribution in [0.25, 0.3) is 0 Å². The minimum Gasteiger partial charge on any atom is -0.478 e. The number of rotatable bonds is 5. The minimum absolute atomic E-state index is 0.0686. The number of nitrogen functional groups attached to an aromatic ring is 1. The summed E-state index contributed by atoms with van der Waals surface area (Å²) < 4.78 is 0. The van der Waals surface area contributed by atoms with Crippen LogP contribution >= 0.6 is 0 Å². The number of amides is 1. The summed E-state index contributed by atoms with van der Waals surface area (Å²) in [4.78, 5) is 28.2. The van der Waals surface area contributed by atoms with Crippen LogP contribution in [0.3, 0.4) is 0 Å². The fraction of sp³-hybridized carbons (Fsp3) is 0.417. The summed E-state index contributed by atoms with van der Waals surface area (Å²) in [6, 6.07) is 1.30. The van der Waals surface area contributed by atoms with Gasteiger partial charge in [0.25, 0.3) is 0 Å². The van der Waals surface area contributed by atoms with Crippen LogP contribution < -0.4 is 16.0 Å². The molecule has 0 aliphatic heterocycles. The van der Waals surface area contributed by atoms with Crippen molar-refractivity contribution in [2.75, 3.05) is 31.3 Å². The van der Waals surface area contributed by atoms with E-state index in [-0.39, 0.29) is 23.2 Å². The van der Waals surface area contributed by atoms with E-state index in [1.807, 2.05) is 0 Å². The van der Waals surface area contributed by atoms with Crippen LogP contribution in [0.2, 0.25) is 0 Å². The van der Waals surface area contributed by atoms with E-state index in [1.165, 1.54) is 12.3 Å². The maximum atomic E-state index is 11.5. The molecule has 1 unspecified atom stereocenters. The molecule has 1 aromatic heterocycles. The van der Waals surface area contributed by atoms with E-state index in [9.17, 15) is 9.59 Å². The first kappa shape index (κ1) is 14.7. The average Bonchev–Trinajstić information content (AvgIpc) is 2.37. The van der Waals surface area contributed by atoms with E-state index < -0.39 is 5.97 Å². The number of hydrogen-bond donors (Lipinski definition) is 3. The first-order valence-corrected chi connectivity index (χ1v) is 5.78. The summed E-state index contributed by atoms with van der Waals surface area (Å²) in [5, 5.41) is 11.7. The number of carbonyl (C=O) groups is 2. The third kappa shape index (κ3) is 3.57. The van der Waals surface area contributed by atoms with E-state index in [4.69, 9.17) is 10.8 Å². The summed E-state index contributed by atoms with van der Waals surface area (Å²) in [5.74, 6) is -1.31. The Hall–Kier alpha value is -2.31. The molecule has 0 aromatic carbocycles. The number of carboxylic acid groups (broad SMARTS) is 1. The maximum absolute atomic E-state index is 11.5. The van der Waals surface area contributed by atoms with Crippen LogP contribution in [0.1, 0.15) is 17.3 Å². The highest BCUT2D eigenvalue weighted by atomic mass is 16.4. The van der Waals surface area contributed by atoms with Crippen molar-refractivity contribution in [1.29, 1.82) is 0 Å². The Morgan fingerprint density at radius 1 is 1.58 bits per heavy atom. The van der Waals surface area contributed by atoms with Crippen LogP contribution in [0, 0.1) is 5.92 Å². The molecular weight excluding hydrogens is 248 g/mol. The van der Waals surface area contributed by atoms with Crippen LogP contribution in [-0.4, -0.2) is 42.6 Å². The first-order chi connectivity index (χ1) is 8.86. The lowest BCUT2D eigenvalue weighted by molar-refractivity contribution is -0.123. The Morgan fingerprint density at radius 3 is 2.74 bits per heavy atom. The lowest BCUT2D eigenvalue weighted by Crippen LogP contribution is -2.35. The molecule has 1 heterocycles. The van der Waals surface area contributed by atoms with Crippen molar-refractivity contribution in [2.24, 2.45) is 5.92 Å². The number of pyridine rings is 1. The Kier molecular flexibility index (Phi) is 4.68. The molecule has 7 heteroatoms. The Labute approximate surface area is 111 Å². The quantitative estimate of drug-likeness (QED) is 0.701.